The number of dihydropyridines is 1. The third kappa shape index (κ3) is 7.08. The summed E-state index contributed by atoms with van der Waals surface area (Å²) < 4.78 is 15.5. The van der Waals surface area contributed by atoms with Gasteiger partial charge in [0.1, 0.15) is 6.04 Å². The van der Waals surface area contributed by atoms with Crippen LogP contribution in [-0.4, -0.2) is 60.2 Å². The Morgan fingerprint density at radius 3 is 2.28 bits per heavy atom. The largest absolute Gasteiger partial charge is 0.465 e. The van der Waals surface area contributed by atoms with Crippen LogP contribution >= 0.6 is 11.8 Å². The first-order valence-electron chi connectivity index (χ1n) is 11.4. The van der Waals surface area contributed by atoms with E-state index in [0.717, 1.165) is 0 Å². The first-order valence-corrected chi connectivity index (χ1v) is 12.6. The van der Waals surface area contributed by atoms with Crippen LogP contribution < -0.4 is 11.1 Å². The molecule has 1 aliphatic rings. The van der Waals surface area contributed by atoms with E-state index in [0.29, 0.717) is 17.0 Å². The number of carbonyl (C=O) groups is 3. The molecule has 1 aromatic carbocycles. The second-order valence-electron chi connectivity index (χ2n) is 7.66. The summed E-state index contributed by atoms with van der Waals surface area (Å²) in [6.45, 7) is 7.04. The van der Waals surface area contributed by atoms with Crippen molar-refractivity contribution in [1.29, 1.82) is 0 Å². The number of nitrogens with zero attached hydrogens (tertiary/aromatic N) is 1. The zero-order chi connectivity index (χ0) is 26.8. The third-order valence-electron chi connectivity index (χ3n) is 5.18. The summed E-state index contributed by atoms with van der Waals surface area (Å²) in [4.78, 5) is 48.9. The fourth-order valence-corrected chi connectivity index (χ4v) is 4.64. The van der Waals surface area contributed by atoms with Gasteiger partial charge >= 0.3 is 17.9 Å². The summed E-state index contributed by atoms with van der Waals surface area (Å²) in [5.41, 5.74) is 7.22. The normalized spacial score (nSPS) is 16.2. The molecule has 0 saturated carbocycles. The molecule has 2 unspecified atom stereocenters. The zero-order valence-corrected chi connectivity index (χ0v) is 21.5. The second kappa shape index (κ2) is 13.6. The molecular weight excluding hydrogens is 490 g/mol. The lowest BCUT2D eigenvalue weighted by Crippen LogP contribution is -2.36. The number of rotatable bonds is 12. The first kappa shape index (κ1) is 28.9. The second-order valence-corrected chi connectivity index (χ2v) is 8.69. The maximum atomic E-state index is 13.2. The van der Waals surface area contributed by atoms with Gasteiger partial charge in [0.15, 0.2) is 0 Å². The van der Waals surface area contributed by atoms with Gasteiger partial charge in [0.2, 0.25) is 0 Å². The highest BCUT2D eigenvalue weighted by atomic mass is 32.2. The topological polar surface area (TPSA) is 160 Å². The number of non-ortho nitro benzene ring substituents is 1. The molecule has 36 heavy (non-hydrogen) atoms. The molecule has 0 saturated heterocycles. The number of hydrogen-bond acceptors (Lipinski definition) is 11. The monoisotopic (exact) mass is 521 g/mol. The standard InChI is InChI=1S/C24H31N3O8S/c1-5-33-22(28)17(25)12-36-13-18-21(24(30)35-7-3)20(15-9-8-10-16(11-15)27(31)32)19(14(4)26-18)23(29)34-6-2/h8-11,17,20,26H,5-7,12-13,25H2,1-4H3. The average molecular weight is 522 g/mol. The van der Waals surface area contributed by atoms with E-state index in [-0.39, 0.29) is 48.2 Å². The Bertz CT molecular complexity index is 1070. The van der Waals surface area contributed by atoms with Crippen LogP contribution in [0.5, 0.6) is 0 Å². The number of esters is 3. The molecule has 0 radical (unpaired) electrons. The lowest BCUT2D eigenvalue weighted by Gasteiger charge is -2.31. The molecular formula is C24H31N3O8S. The van der Waals surface area contributed by atoms with Crippen molar-refractivity contribution in [3.05, 3.63) is 62.5 Å². The van der Waals surface area contributed by atoms with Gasteiger partial charge in [-0.25, -0.2) is 9.59 Å². The van der Waals surface area contributed by atoms with Crippen molar-refractivity contribution in [2.24, 2.45) is 5.73 Å². The molecule has 0 fully saturated rings. The molecule has 2 rings (SSSR count). The third-order valence-corrected chi connectivity index (χ3v) is 6.27. The molecule has 1 aromatic rings. The number of thioether (sulfide) groups is 1. The van der Waals surface area contributed by atoms with Gasteiger partial charge in [0.05, 0.1) is 41.8 Å². The van der Waals surface area contributed by atoms with Crippen molar-refractivity contribution >= 4 is 35.4 Å². The quantitative estimate of drug-likeness (QED) is 0.180. The van der Waals surface area contributed by atoms with Crippen LogP contribution in [0.2, 0.25) is 0 Å². The Balaban J connectivity index is 2.57. The smallest absolute Gasteiger partial charge is 0.336 e. The van der Waals surface area contributed by atoms with E-state index in [2.05, 4.69) is 5.32 Å². The van der Waals surface area contributed by atoms with Crippen molar-refractivity contribution in [2.45, 2.75) is 39.7 Å². The van der Waals surface area contributed by atoms with E-state index in [1.165, 1.54) is 30.0 Å². The molecule has 0 bridgehead atoms. The van der Waals surface area contributed by atoms with E-state index in [4.69, 9.17) is 19.9 Å². The van der Waals surface area contributed by atoms with E-state index in [1.807, 2.05) is 0 Å². The lowest BCUT2D eigenvalue weighted by atomic mass is 9.80. The Kier molecular flexibility index (Phi) is 10.9. The molecule has 1 aliphatic heterocycles. The minimum absolute atomic E-state index is 0.0790. The van der Waals surface area contributed by atoms with Gasteiger partial charge in [0, 0.05) is 35.0 Å². The minimum atomic E-state index is -0.974. The summed E-state index contributed by atoms with van der Waals surface area (Å²) in [6, 6.07) is 4.89. The van der Waals surface area contributed by atoms with Crippen LogP contribution in [0.15, 0.2) is 46.8 Å². The summed E-state index contributed by atoms with van der Waals surface area (Å²) in [7, 11) is 0. The van der Waals surface area contributed by atoms with Crippen molar-refractivity contribution < 1.29 is 33.5 Å². The van der Waals surface area contributed by atoms with E-state index >= 15 is 0 Å². The minimum Gasteiger partial charge on any atom is -0.465 e. The highest BCUT2D eigenvalue weighted by Gasteiger charge is 2.39. The number of allylic oxidation sites excluding steroid dienone is 1. The average Bonchev–Trinajstić information content (AvgIpc) is 2.83. The Labute approximate surface area is 213 Å². The number of ether oxygens (including phenoxy) is 3. The molecule has 2 atom stereocenters. The molecule has 0 spiro atoms. The summed E-state index contributed by atoms with van der Waals surface area (Å²) in [5.74, 6) is -2.40. The fraction of sp³-hybridized carbons (Fsp3) is 0.458. The number of carbonyl (C=O) groups excluding carboxylic acids is 3. The predicted molar refractivity (Wildman–Crippen MR) is 134 cm³/mol. The van der Waals surface area contributed by atoms with E-state index < -0.39 is 34.8 Å². The van der Waals surface area contributed by atoms with Crippen molar-refractivity contribution in [1.82, 2.24) is 5.32 Å². The maximum absolute atomic E-state index is 13.2. The number of hydrogen-bond donors (Lipinski definition) is 2. The molecule has 11 nitrogen and oxygen atoms in total. The van der Waals surface area contributed by atoms with Crippen LogP contribution in [0.1, 0.15) is 39.2 Å². The Hall–Kier alpha value is -3.38. The number of nitrogens with one attached hydrogen (secondary N) is 1. The lowest BCUT2D eigenvalue weighted by molar-refractivity contribution is -0.384. The number of nitro groups is 1. The number of nitrogens with two attached hydrogens (primary N) is 1. The SMILES string of the molecule is CCOC(=O)C1=C(C)NC(CSCC(N)C(=O)OCC)=C(C(=O)OCC)C1c1cccc([N+](=O)[O-])c1. The summed E-state index contributed by atoms with van der Waals surface area (Å²) in [5, 5.41) is 14.5. The zero-order valence-electron chi connectivity index (χ0n) is 20.7. The maximum Gasteiger partial charge on any atom is 0.336 e. The molecule has 3 N–H and O–H groups in total. The van der Waals surface area contributed by atoms with Crippen LogP contribution in [0.25, 0.3) is 0 Å². The van der Waals surface area contributed by atoms with Gasteiger partial charge in [-0.1, -0.05) is 12.1 Å². The van der Waals surface area contributed by atoms with Gasteiger partial charge < -0.3 is 25.3 Å². The van der Waals surface area contributed by atoms with Crippen LogP contribution in [0.4, 0.5) is 5.69 Å². The van der Waals surface area contributed by atoms with Gasteiger partial charge in [-0.15, -0.1) is 0 Å². The van der Waals surface area contributed by atoms with Crippen molar-refractivity contribution in [3.63, 3.8) is 0 Å². The molecule has 196 valence electrons. The summed E-state index contributed by atoms with van der Waals surface area (Å²) in [6.07, 6.45) is 0. The van der Waals surface area contributed by atoms with Crippen LogP contribution in [0.3, 0.4) is 0 Å². The van der Waals surface area contributed by atoms with E-state index in [9.17, 15) is 24.5 Å². The number of nitro benzene ring substituents is 1. The van der Waals surface area contributed by atoms with Crippen LogP contribution in [-0.2, 0) is 28.6 Å². The van der Waals surface area contributed by atoms with Crippen LogP contribution in [0, 0.1) is 10.1 Å². The molecule has 0 amide bonds. The molecule has 1 heterocycles. The van der Waals surface area contributed by atoms with Gasteiger partial charge in [-0.3, -0.25) is 14.9 Å². The van der Waals surface area contributed by atoms with E-state index in [1.54, 1.807) is 33.8 Å². The van der Waals surface area contributed by atoms with Crippen molar-refractivity contribution in [2.75, 3.05) is 31.3 Å². The number of benzene rings is 1. The molecule has 0 aromatic heterocycles. The fourth-order valence-electron chi connectivity index (χ4n) is 3.70. The van der Waals surface area contributed by atoms with Crippen molar-refractivity contribution in [3.8, 4) is 0 Å². The van der Waals surface area contributed by atoms with Gasteiger partial charge in [0.25, 0.3) is 5.69 Å². The predicted octanol–water partition coefficient (Wildman–Crippen LogP) is 2.56. The first-order chi connectivity index (χ1) is 17.2. The Morgan fingerprint density at radius 2 is 1.69 bits per heavy atom. The van der Waals surface area contributed by atoms with Gasteiger partial charge in [-0.2, -0.15) is 11.8 Å². The molecule has 0 aliphatic carbocycles. The summed E-state index contributed by atoms with van der Waals surface area (Å²) >= 11 is 1.29. The van der Waals surface area contributed by atoms with Gasteiger partial charge in [-0.05, 0) is 33.3 Å². The highest BCUT2D eigenvalue weighted by molar-refractivity contribution is 7.99. The molecule has 12 heteroatoms. The highest BCUT2D eigenvalue weighted by Crippen LogP contribution is 2.40. The Morgan fingerprint density at radius 1 is 1.08 bits per heavy atom.